The summed E-state index contributed by atoms with van der Waals surface area (Å²) in [6, 6.07) is 3.43. The summed E-state index contributed by atoms with van der Waals surface area (Å²) in [5, 5.41) is 7.69. The van der Waals surface area contributed by atoms with E-state index < -0.39 is 5.92 Å². The third-order valence-corrected chi connectivity index (χ3v) is 4.95. The number of nitrogens with zero attached hydrogens (tertiary/aromatic N) is 4. The molecule has 2 aliphatic carbocycles. The van der Waals surface area contributed by atoms with Crippen LogP contribution in [0.15, 0.2) is 18.3 Å². The van der Waals surface area contributed by atoms with E-state index in [1.54, 1.807) is 16.9 Å². The minimum absolute atomic E-state index is 0.0863. The smallest absolute Gasteiger partial charge is 0.253 e. The van der Waals surface area contributed by atoms with Gasteiger partial charge in [-0.1, -0.05) is 0 Å². The topological polar surface area (TPSA) is 72.7 Å². The van der Waals surface area contributed by atoms with E-state index in [0.29, 0.717) is 30.5 Å². The number of nitrogens with one attached hydrogen (secondary N) is 1. The Kier molecular flexibility index (Phi) is 4.20. The molecule has 8 heteroatoms. The molecule has 2 heterocycles. The summed E-state index contributed by atoms with van der Waals surface area (Å²) in [7, 11) is 0. The summed E-state index contributed by atoms with van der Waals surface area (Å²) in [6.45, 7) is 1.44. The summed E-state index contributed by atoms with van der Waals surface area (Å²) in [5.74, 6) is -1.46. The van der Waals surface area contributed by atoms with Gasteiger partial charge in [0.15, 0.2) is 5.78 Å². The molecule has 0 spiro atoms. The summed E-state index contributed by atoms with van der Waals surface area (Å²) in [4.78, 5) is 20.6. The third kappa shape index (κ3) is 3.73. The van der Waals surface area contributed by atoms with E-state index in [1.807, 2.05) is 6.07 Å². The van der Waals surface area contributed by atoms with Crippen LogP contribution in [-0.4, -0.2) is 37.5 Å². The molecule has 26 heavy (non-hydrogen) atoms. The fraction of sp³-hybridized carbons (Fsp3) is 0.556. The third-order valence-electron chi connectivity index (χ3n) is 4.95. The van der Waals surface area contributed by atoms with Gasteiger partial charge >= 0.3 is 0 Å². The highest BCUT2D eigenvalue weighted by Gasteiger charge is 2.35. The first-order valence-corrected chi connectivity index (χ1v) is 9.00. The fourth-order valence-corrected chi connectivity index (χ4v) is 3.23. The molecule has 0 unspecified atom stereocenters. The summed E-state index contributed by atoms with van der Waals surface area (Å²) in [5.41, 5.74) is 1.29. The quantitative estimate of drug-likeness (QED) is 0.822. The molecule has 0 bridgehead atoms. The lowest BCUT2D eigenvalue weighted by atomic mass is 9.92. The SMILES string of the molecule is CC(=O)c1cc(NC2CCC(F)(F)CC2)nc(-n2ccc(C3CC3)n2)n1. The van der Waals surface area contributed by atoms with Gasteiger partial charge in [-0.05, 0) is 31.7 Å². The number of anilines is 1. The van der Waals surface area contributed by atoms with Crippen LogP contribution in [0.2, 0.25) is 0 Å². The van der Waals surface area contributed by atoms with Gasteiger partial charge in [-0.2, -0.15) is 10.1 Å². The van der Waals surface area contributed by atoms with E-state index in [0.717, 1.165) is 18.5 Å². The van der Waals surface area contributed by atoms with E-state index in [-0.39, 0.29) is 30.4 Å². The first-order valence-electron chi connectivity index (χ1n) is 9.00. The number of Topliss-reactive ketones (excluding diaryl/α,β-unsaturated/α-hetero) is 1. The van der Waals surface area contributed by atoms with Crippen LogP contribution in [0.3, 0.4) is 0 Å². The molecular formula is C18H21F2N5O. The second-order valence-corrected chi connectivity index (χ2v) is 7.23. The fourth-order valence-electron chi connectivity index (χ4n) is 3.23. The normalized spacial score (nSPS) is 20.1. The average molecular weight is 361 g/mol. The molecule has 1 N–H and O–H groups in total. The highest BCUT2D eigenvalue weighted by atomic mass is 19.3. The maximum Gasteiger partial charge on any atom is 0.253 e. The van der Waals surface area contributed by atoms with Gasteiger partial charge in [0.1, 0.15) is 11.5 Å². The number of alkyl halides is 2. The molecule has 2 aromatic heterocycles. The largest absolute Gasteiger partial charge is 0.367 e. The van der Waals surface area contributed by atoms with Crippen LogP contribution in [0, 0.1) is 0 Å². The van der Waals surface area contributed by atoms with Crippen LogP contribution in [0.25, 0.3) is 5.95 Å². The van der Waals surface area contributed by atoms with Crippen molar-refractivity contribution in [1.82, 2.24) is 19.7 Å². The summed E-state index contributed by atoms with van der Waals surface area (Å²) < 4.78 is 28.2. The van der Waals surface area contributed by atoms with Crippen LogP contribution in [-0.2, 0) is 0 Å². The second kappa shape index (κ2) is 6.41. The Balaban J connectivity index is 1.57. The van der Waals surface area contributed by atoms with Crippen LogP contribution < -0.4 is 5.32 Å². The highest BCUT2D eigenvalue weighted by Crippen LogP contribution is 2.39. The van der Waals surface area contributed by atoms with Crippen molar-refractivity contribution in [2.75, 3.05) is 5.32 Å². The van der Waals surface area contributed by atoms with Crippen LogP contribution in [0.4, 0.5) is 14.6 Å². The Hall–Kier alpha value is -2.38. The number of hydrogen-bond acceptors (Lipinski definition) is 5. The molecule has 138 valence electrons. The van der Waals surface area contributed by atoms with Crippen molar-refractivity contribution >= 4 is 11.6 Å². The monoisotopic (exact) mass is 361 g/mol. The number of carbonyl (C=O) groups is 1. The maximum absolute atomic E-state index is 13.3. The Morgan fingerprint density at radius 2 is 1.96 bits per heavy atom. The Morgan fingerprint density at radius 1 is 1.23 bits per heavy atom. The molecule has 0 saturated heterocycles. The summed E-state index contributed by atoms with van der Waals surface area (Å²) >= 11 is 0. The molecular weight excluding hydrogens is 340 g/mol. The number of rotatable bonds is 5. The van der Waals surface area contributed by atoms with Crippen molar-refractivity contribution in [3.8, 4) is 5.95 Å². The minimum Gasteiger partial charge on any atom is -0.367 e. The Labute approximate surface area is 150 Å². The predicted molar refractivity (Wildman–Crippen MR) is 92.0 cm³/mol. The van der Waals surface area contributed by atoms with Gasteiger partial charge in [-0.3, -0.25) is 4.79 Å². The zero-order valence-electron chi connectivity index (χ0n) is 14.6. The average Bonchev–Trinajstić information content (AvgIpc) is 3.33. The molecule has 0 aliphatic heterocycles. The minimum atomic E-state index is -2.58. The molecule has 0 atom stereocenters. The lowest BCUT2D eigenvalue weighted by Crippen LogP contribution is -2.32. The maximum atomic E-state index is 13.3. The van der Waals surface area contributed by atoms with Gasteiger partial charge in [-0.15, -0.1) is 0 Å². The van der Waals surface area contributed by atoms with E-state index >= 15 is 0 Å². The zero-order chi connectivity index (χ0) is 18.3. The van der Waals surface area contributed by atoms with E-state index in [2.05, 4.69) is 20.4 Å². The van der Waals surface area contributed by atoms with E-state index in [4.69, 9.17) is 0 Å². The standard InChI is InChI=1S/C18H21F2N5O/c1-11(26)15-10-16(21-13-4-7-18(19,20)8-5-13)23-17(22-15)25-9-6-14(24-25)12-2-3-12/h6,9-10,12-13H,2-5,7-8H2,1H3,(H,21,22,23). The van der Waals surface area contributed by atoms with Crippen molar-refractivity contribution < 1.29 is 13.6 Å². The van der Waals surface area contributed by atoms with E-state index in [9.17, 15) is 13.6 Å². The molecule has 2 saturated carbocycles. The first kappa shape index (κ1) is 17.1. The molecule has 0 amide bonds. The molecule has 2 aliphatic rings. The van der Waals surface area contributed by atoms with Gasteiger partial charge in [0.2, 0.25) is 5.92 Å². The number of aromatic nitrogens is 4. The predicted octanol–water partition coefficient (Wildman–Crippen LogP) is 3.73. The zero-order valence-corrected chi connectivity index (χ0v) is 14.6. The Morgan fingerprint density at radius 3 is 2.62 bits per heavy atom. The lowest BCUT2D eigenvalue weighted by molar-refractivity contribution is -0.0361. The van der Waals surface area contributed by atoms with Crippen molar-refractivity contribution in [2.45, 2.75) is 63.3 Å². The number of hydrogen-bond donors (Lipinski definition) is 1. The molecule has 6 nitrogen and oxygen atoms in total. The molecule has 4 rings (SSSR count). The van der Waals surface area contributed by atoms with Gasteiger partial charge in [0, 0.05) is 44.0 Å². The highest BCUT2D eigenvalue weighted by molar-refractivity contribution is 5.92. The van der Waals surface area contributed by atoms with Crippen LogP contribution in [0.1, 0.15) is 67.5 Å². The lowest BCUT2D eigenvalue weighted by Gasteiger charge is -2.29. The summed E-state index contributed by atoms with van der Waals surface area (Å²) in [6.07, 6.45) is 4.55. The van der Waals surface area contributed by atoms with E-state index in [1.165, 1.54) is 6.92 Å². The number of carbonyl (C=O) groups excluding carboxylic acids is 1. The second-order valence-electron chi connectivity index (χ2n) is 7.23. The van der Waals surface area contributed by atoms with Crippen molar-refractivity contribution in [2.24, 2.45) is 0 Å². The first-order chi connectivity index (χ1) is 12.4. The van der Waals surface area contributed by atoms with Crippen molar-refractivity contribution in [3.05, 3.63) is 29.7 Å². The van der Waals surface area contributed by atoms with Gasteiger partial charge < -0.3 is 5.32 Å². The Bertz CT molecular complexity index is 821. The molecule has 2 aromatic rings. The van der Waals surface area contributed by atoms with Gasteiger partial charge in [-0.25, -0.2) is 18.4 Å². The van der Waals surface area contributed by atoms with Crippen LogP contribution in [0.5, 0.6) is 0 Å². The molecule has 0 aromatic carbocycles. The van der Waals surface area contributed by atoms with Crippen molar-refractivity contribution in [3.63, 3.8) is 0 Å². The number of ketones is 1. The molecule has 0 radical (unpaired) electrons. The molecule has 2 fully saturated rings. The van der Waals surface area contributed by atoms with Crippen molar-refractivity contribution in [1.29, 1.82) is 0 Å². The van der Waals surface area contributed by atoms with Crippen LogP contribution >= 0.6 is 0 Å². The van der Waals surface area contributed by atoms with Gasteiger partial charge in [0.05, 0.1) is 5.69 Å². The van der Waals surface area contributed by atoms with Gasteiger partial charge in [0.25, 0.3) is 5.95 Å². The number of halogens is 2.